The summed E-state index contributed by atoms with van der Waals surface area (Å²) >= 11 is 1.14. The Bertz CT molecular complexity index is 896. The second kappa shape index (κ2) is 7.43. The molecule has 3 rings (SSSR count). The van der Waals surface area contributed by atoms with Crippen LogP contribution in [0.5, 0.6) is 0 Å². The molecule has 0 bridgehead atoms. The molecule has 0 atom stereocenters. The van der Waals surface area contributed by atoms with Crippen molar-refractivity contribution in [3.05, 3.63) is 59.7 Å². The number of H-pyrrole nitrogens is 1. The Morgan fingerprint density at radius 2 is 1.96 bits per heavy atom. The number of carbonyl (C=O) groups is 1. The number of anilines is 1. The molecule has 0 aliphatic carbocycles. The van der Waals surface area contributed by atoms with Gasteiger partial charge in [0.25, 0.3) is 0 Å². The number of nitrogens with one attached hydrogen (secondary N) is 2. The molecule has 1 amide bonds. The first-order valence-corrected chi connectivity index (χ1v) is 8.37. The number of nitrogens with zero attached hydrogens (tertiary/aromatic N) is 2. The molecule has 3 aromatic rings. The number of hydrogen-bond acceptors (Lipinski definition) is 4. The van der Waals surface area contributed by atoms with Crippen molar-refractivity contribution in [2.24, 2.45) is 0 Å². The fourth-order valence-corrected chi connectivity index (χ4v) is 2.71. The van der Waals surface area contributed by atoms with E-state index in [1.807, 2.05) is 0 Å². The molecule has 8 heteroatoms. The molecule has 0 spiro atoms. The summed E-state index contributed by atoms with van der Waals surface area (Å²) < 4.78 is 26.4. The number of halogens is 2. The van der Waals surface area contributed by atoms with Gasteiger partial charge in [0, 0.05) is 16.8 Å². The van der Waals surface area contributed by atoms with Crippen molar-refractivity contribution < 1.29 is 13.6 Å². The zero-order valence-electron chi connectivity index (χ0n) is 13.2. The fraction of sp³-hybridized carbons (Fsp3) is 0.118. The smallest absolute Gasteiger partial charge is 0.234 e. The number of amides is 1. The molecule has 0 aliphatic rings. The molecule has 1 heterocycles. The van der Waals surface area contributed by atoms with Crippen molar-refractivity contribution >= 4 is 23.4 Å². The Morgan fingerprint density at radius 3 is 2.72 bits per heavy atom. The van der Waals surface area contributed by atoms with Crippen molar-refractivity contribution in [1.82, 2.24) is 15.2 Å². The maximum atomic E-state index is 13.5. The van der Waals surface area contributed by atoms with Crippen LogP contribution in [0.4, 0.5) is 14.5 Å². The first-order chi connectivity index (χ1) is 12.0. The highest BCUT2D eigenvalue weighted by Crippen LogP contribution is 2.21. The summed E-state index contributed by atoms with van der Waals surface area (Å²) in [5.74, 6) is -0.419. The van der Waals surface area contributed by atoms with Gasteiger partial charge in [0.05, 0.1) is 5.75 Å². The van der Waals surface area contributed by atoms with E-state index in [-0.39, 0.29) is 23.3 Å². The van der Waals surface area contributed by atoms with Gasteiger partial charge >= 0.3 is 0 Å². The number of hydrogen-bond donors (Lipinski definition) is 2. The maximum Gasteiger partial charge on any atom is 0.234 e. The lowest BCUT2D eigenvalue weighted by Crippen LogP contribution is -2.15. The van der Waals surface area contributed by atoms with Gasteiger partial charge in [-0.3, -0.25) is 9.89 Å². The van der Waals surface area contributed by atoms with Crippen molar-refractivity contribution in [2.45, 2.75) is 12.1 Å². The van der Waals surface area contributed by atoms with Crippen LogP contribution in [0.1, 0.15) is 5.56 Å². The summed E-state index contributed by atoms with van der Waals surface area (Å²) in [6.07, 6.45) is 0. The van der Waals surface area contributed by atoms with E-state index in [1.165, 1.54) is 24.3 Å². The van der Waals surface area contributed by atoms with Crippen LogP contribution in [0.2, 0.25) is 0 Å². The minimum Gasteiger partial charge on any atom is -0.325 e. The molecule has 0 radical (unpaired) electrons. The topological polar surface area (TPSA) is 70.7 Å². The first-order valence-electron chi connectivity index (χ1n) is 7.39. The highest BCUT2D eigenvalue weighted by atomic mass is 32.2. The van der Waals surface area contributed by atoms with Crippen molar-refractivity contribution in [1.29, 1.82) is 0 Å². The van der Waals surface area contributed by atoms with Crippen molar-refractivity contribution in [2.75, 3.05) is 11.1 Å². The molecule has 2 aromatic carbocycles. The molecule has 0 aliphatic heterocycles. The number of aromatic amines is 1. The van der Waals surface area contributed by atoms with Crippen LogP contribution in [0, 0.1) is 18.6 Å². The predicted octanol–water partition coefficient (Wildman–Crippen LogP) is 3.79. The van der Waals surface area contributed by atoms with Crippen molar-refractivity contribution in [3.63, 3.8) is 0 Å². The second-order valence-corrected chi connectivity index (χ2v) is 6.17. The summed E-state index contributed by atoms with van der Waals surface area (Å²) in [6.45, 7) is 1.60. The number of rotatable bonds is 5. The molecule has 128 valence electrons. The third-order valence-electron chi connectivity index (χ3n) is 3.46. The van der Waals surface area contributed by atoms with E-state index in [1.54, 1.807) is 25.1 Å². The average Bonchev–Trinajstić information content (AvgIpc) is 3.07. The van der Waals surface area contributed by atoms with Crippen LogP contribution in [0.15, 0.2) is 47.6 Å². The molecule has 0 fully saturated rings. The van der Waals surface area contributed by atoms with E-state index in [0.29, 0.717) is 27.8 Å². The Kier molecular flexibility index (Phi) is 5.08. The minimum atomic E-state index is -0.372. The van der Waals surface area contributed by atoms with Crippen LogP contribution < -0.4 is 5.32 Å². The third-order valence-corrected chi connectivity index (χ3v) is 4.30. The van der Waals surface area contributed by atoms with E-state index in [0.717, 1.165) is 11.8 Å². The lowest BCUT2D eigenvalue weighted by molar-refractivity contribution is -0.113. The highest BCUT2D eigenvalue weighted by Gasteiger charge is 2.11. The molecule has 2 N–H and O–H groups in total. The van der Waals surface area contributed by atoms with Crippen LogP contribution in [-0.2, 0) is 4.79 Å². The van der Waals surface area contributed by atoms with Gasteiger partial charge in [-0.1, -0.05) is 17.8 Å². The van der Waals surface area contributed by atoms with Gasteiger partial charge < -0.3 is 5.32 Å². The molecular formula is C17H14F2N4OS. The molecule has 0 saturated carbocycles. The van der Waals surface area contributed by atoms with Gasteiger partial charge in [-0.25, -0.2) is 13.8 Å². The van der Waals surface area contributed by atoms with Crippen LogP contribution in [0.25, 0.3) is 11.4 Å². The van der Waals surface area contributed by atoms with E-state index < -0.39 is 0 Å². The van der Waals surface area contributed by atoms with Gasteiger partial charge in [0.1, 0.15) is 11.6 Å². The Morgan fingerprint density at radius 1 is 1.20 bits per heavy atom. The SMILES string of the molecule is Cc1c(F)cccc1NC(=O)CSc1n[nH]c(-c2ccc(F)cc2)n1. The van der Waals surface area contributed by atoms with Gasteiger partial charge in [-0.2, -0.15) is 0 Å². The summed E-state index contributed by atoms with van der Waals surface area (Å²) in [7, 11) is 0. The van der Waals surface area contributed by atoms with E-state index in [9.17, 15) is 13.6 Å². The van der Waals surface area contributed by atoms with Gasteiger partial charge in [0.15, 0.2) is 5.82 Å². The number of aromatic nitrogens is 3. The molecule has 25 heavy (non-hydrogen) atoms. The summed E-state index contributed by atoms with van der Waals surface area (Å²) in [5, 5.41) is 9.82. The minimum absolute atomic E-state index is 0.0800. The first kappa shape index (κ1) is 17.1. The summed E-state index contributed by atoms with van der Waals surface area (Å²) in [5.41, 5.74) is 1.52. The maximum absolute atomic E-state index is 13.5. The van der Waals surface area contributed by atoms with Gasteiger partial charge in [0.2, 0.25) is 11.1 Å². The zero-order valence-corrected chi connectivity index (χ0v) is 14.0. The summed E-state index contributed by atoms with van der Waals surface area (Å²) in [6, 6.07) is 10.4. The van der Waals surface area contributed by atoms with Crippen molar-refractivity contribution in [3.8, 4) is 11.4 Å². The molecule has 1 aromatic heterocycles. The van der Waals surface area contributed by atoms with Gasteiger partial charge in [-0.05, 0) is 43.3 Å². The second-order valence-electron chi connectivity index (χ2n) is 5.22. The Labute approximate surface area is 146 Å². The van der Waals surface area contributed by atoms with Crippen LogP contribution in [-0.4, -0.2) is 26.8 Å². The van der Waals surface area contributed by atoms with Crippen LogP contribution >= 0.6 is 11.8 Å². The molecule has 0 saturated heterocycles. The lowest BCUT2D eigenvalue weighted by Gasteiger charge is -2.07. The van der Waals surface area contributed by atoms with E-state index in [2.05, 4.69) is 20.5 Å². The zero-order chi connectivity index (χ0) is 17.8. The normalized spacial score (nSPS) is 10.7. The largest absolute Gasteiger partial charge is 0.325 e. The highest BCUT2D eigenvalue weighted by molar-refractivity contribution is 7.99. The number of carbonyl (C=O) groups excluding carboxylic acids is 1. The third kappa shape index (κ3) is 4.21. The standard InChI is InChI=1S/C17H14F2N4OS/c1-10-13(19)3-2-4-14(10)20-15(24)9-25-17-21-16(22-23-17)11-5-7-12(18)8-6-11/h2-8H,9H2,1H3,(H,20,24)(H,21,22,23). The summed E-state index contributed by atoms with van der Waals surface area (Å²) in [4.78, 5) is 16.3. The monoisotopic (exact) mass is 360 g/mol. The van der Waals surface area contributed by atoms with E-state index in [4.69, 9.17) is 0 Å². The predicted molar refractivity (Wildman–Crippen MR) is 92.3 cm³/mol. The van der Waals surface area contributed by atoms with E-state index >= 15 is 0 Å². The quantitative estimate of drug-likeness (QED) is 0.679. The van der Waals surface area contributed by atoms with Gasteiger partial charge in [-0.15, -0.1) is 5.10 Å². The molecular weight excluding hydrogens is 346 g/mol. The Hall–Kier alpha value is -2.74. The lowest BCUT2D eigenvalue weighted by atomic mass is 10.2. The number of benzene rings is 2. The Balaban J connectivity index is 1.59. The molecule has 5 nitrogen and oxygen atoms in total. The fourth-order valence-electron chi connectivity index (χ4n) is 2.11. The number of thioether (sulfide) groups is 1. The average molecular weight is 360 g/mol. The molecule has 0 unspecified atom stereocenters. The van der Waals surface area contributed by atoms with Crippen LogP contribution in [0.3, 0.4) is 0 Å².